The third kappa shape index (κ3) is 71.1. The lowest BCUT2D eigenvalue weighted by atomic mass is 10.3. The molecule has 4 nitrogen and oxygen atoms in total. The van der Waals surface area contributed by atoms with E-state index in [1.54, 1.807) is 31.2 Å². The van der Waals surface area contributed by atoms with Crippen molar-refractivity contribution in [3.05, 3.63) is 87.1 Å². The number of aliphatic imine (C=N–C) groups is 1. The Hall–Kier alpha value is -2.72. The van der Waals surface area contributed by atoms with E-state index in [9.17, 15) is 4.79 Å². The number of carbonyl (C=O) groups is 1. The Morgan fingerprint density at radius 3 is 1.62 bits per heavy atom. The van der Waals surface area contributed by atoms with Crippen LogP contribution in [-0.2, 0) is 9.53 Å². The summed E-state index contributed by atoms with van der Waals surface area (Å²) in [7, 11) is 0. The molecule has 0 aliphatic carbocycles. The maximum absolute atomic E-state index is 9.71. The van der Waals surface area contributed by atoms with Crippen LogP contribution in [0.2, 0.25) is 0 Å². The van der Waals surface area contributed by atoms with Crippen LogP contribution in [0.1, 0.15) is 60.8 Å². The van der Waals surface area contributed by atoms with Crippen LogP contribution in [0, 0.1) is 0 Å². The first-order chi connectivity index (χ1) is 15.4. The van der Waals surface area contributed by atoms with Crippen molar-refractivity contribution in [3.8, 4) is 0 Å². The van der Waals surface area contributed by atoms with Gasteiger partial charge in [0.1, 0.15) is 0 Å². The lowest BCUT2D eigenvalue weighted by Crippen LogP contribution is -2.04. The van der Waals surface area contributed by atoms with E-state index in [1.165, 1.54) is 0 Å². The first kappa shape index (κ1) is 39.7. The third-order valence-corrected chi connectivity index (χ3v) is 2.64. The summed E-state index contributed by atoms with van der Waals surface area (Å²) in [6.07, 6.45) is 20.9. The highest BCUT2D eigenvalue weighted by Crippen LogP contribution is 1.83. The standard InChI is InChI=1S/C9H15NO.C7H12.C5H8O2.C5H8.C2H6/c1-4-6-10-9(3)8-11-7-5-2;1-3-5-7-6-4-2;1-2-3-4-5(6)7;1-3-5-4-2;1-2/h4-5H,1-2,6-8H2,3H3;3-6H,7H2,1-2H3;2-3H,4H2,1H3,(H,6,7);3-4H,1-2,5H2;1-2H3/b;5-3+,6-4+;3-2+;;. The predicted octanol–water partition coefficient (Wildman–Crippen LogP) is 8.18. The van der Waals surface area contributed by atoms with Crippen LogP contribution in [0.15, 0.2) is 92.1 Å². The van der Waals surface area contributed by atoms with Crippen molar-refractivity contribution in [2.75, 3.05) is 19.8 Å². The SMILES string of the molecule is C/C=C/C/C=C/C.C/C=C/CC(=O)O.C=CCC=C.C=CCN=C(C)COCC=C.CC. The van der Waals surface area contributed by atoms with Crippen molar-refractivity contribution in [1.29, 1.82) is 0 Å². The average molecular weight is 448 g/mol. The normalized spacial score (nSPS) is 9.75. The average Bonchev–Trinajstić information content (AvgIpc) is 2.80. The van der Waals surface area contributed by atoms with Crippen LogP contribution in [0.5, 0.6) is 0 Å². The predicted molar refractivity (Wildman–Crippen MR) is 147 cm³/mol. The molecule has 0 rings (SSSR count). The smallest absolute Gasteiger partial charge is 0.307 e. The van der Waals surface area contributed by atoms with E-state index in [1.807, 2.05) is 46.8 Å². The molecule has 0 aromatic carbocycles. The van der Waals surface area contributed by atoms with Gasteiger partial charge in [-0.1, -0.05) is 74.6 Å². The highest BCUT2D eigenvalue weighted by molar-refractivity contribution is 5.83. The summed E-state index contributed by atoms with van der Waals surface area (Å²) in [5, 5.41) is 7.99. The van der Waals surface area contributed by atoms with Crippen molar-refractivity contribution >= 4 is 11.7 Å². The number of carboxylic acids is 1. The number of ether oxygens (including phenoxy) is 1. The van der Waals surface area contributed by atoms with Gasteiger partial charge in [0.05, 0.1) is 26.2 Å². The van der Waals surface area contributed by atoms with E-state index in [0.29, 0.717) is 19.8 Å². The number of rotatable bonds is 12. The first-order valence-electron chi connectivity index (χ1n) is 11.0. The van der Waals surface area contributed by atoms with Crippen LogP contribution in [0.3, 0.4) is 0 Å². The zero-order valence-electron chi connectivity index (χ0n) is 21.6. The summed E-state index contributed by atoms with van der Waals surface area (Å²) in [6.45, 7) is 27.7. The van der Waals surface area contributed by atoms with Gasteiger partial charge in [-0.15, -0.1) is 26.3 Å². The van der Waals surface area contributed by atoms with Crippen molar-refractivity contribution < 1.29 is 14.6 Å². The zero-order valence-corrected chi connectivity index (χ0v) is 21.6. The lowest BCUT2D eigenvalue weighted by molar-refractivity contribution is -0.136. The quantitative estimate of drug-likeness (QED) is 0.186. The summed E-state index contributed by atoms with van der Waals surface area (Å²) in [5.74, 6) is -0.780. The Bertz CT molecular complexity index is 511. The highest BCUT2D eigenvalue weighted by atomic mass is 16.5. The van der Waals surface area contributed by atoms with Crippen molar-refractivity contribution in [1.82, 2.24) is 0 Å². The fourth-order valence-electron chi connectivity index (χ4n) is 1.24. The number of allylic oxidation sites excluding steroid dienone is 7. The van der Waals surface area contributed by atoms with Gasteiger partial charge in [0.25, 0.3) is 0 Å². The van der Waals surface area contributed by atoms with E-state index < -0.39 is 5.97 Å². The molecule has 0 fully saturated rings. The summed E-state index contributed by atoms with van der Waals surface area (Å²) in [6, 6.07) is 0. The summed E-state index contributed by atoms with van der Waals surface area (Å²) in [4.78, 5) is 13.9. The van der Waals surface area contributed by atoms with Gasteiger partial charge >= 0.3 is 5.97 Å². The van der Waals surface area contributed by atoms with Crippen LogP contribution in [0.25, 0.3) is 0 Å². The Labute approximate surface area is 199 Å². The van der Waals surface area contributed by atoms with E-state index >= 15 is 0 Å². The molecule has 0 heterocycles. The minimum absolute atomic E-state index is 0.135. The molecule has 0 radical (unpaired) electrons. The molecule has 0 aliphatic heterocycles. The third-order valence-electron chi connectivity index (χ3n) is 2.64. The molecule has 0 aromatic heterocycles. The molecule has 0 saturated heterocycles. The Morgan fingerprint density at radius 1 is 0.844 bits per heavy atom. The molecular weight excluding hydrogens is 398 g/mol. The second kappa shape index (κ2) is 46.5. The first-order valence-corrected chi connectivity index (χ1v) is 11.0. The summed E-state index contributed by atoms with van der Waals surface area (Å²) in [5.41, 5.74) is 0.992. The second-order valence-electron chi connectivity index (χ2n) is 5.52. The topological polar surface area (TPSA) is 58.9 Å². The molecule has 4 heteroatoms. The van der Waals surface area contributed by atoms with Gasteiger partial charge in [-0.25, -0.2) is 0 Å². The monoisotopic (exact) mass is 447 g/mol. The largest absolute Gasteiger partial charge is 0.481 e. The molecule has 0 aliphatic rings. The Balaban J connectivity index is -0.000000102. The number of hydrogen-bond acceptors (Lipinski definition) is 3. The molecule has 0 aromatic rings. The van der Waals surface area contributed by atoms with Gasteiger partial charge < -0.3 is 9.84 Å². The van der Waals surface area contributed by atoms with E-state index in [4.69, 9.17) is 9.84 Å². The molecule has 0 bridgehead atoms. The van der Waals surface area contributed by atoms with Gasteiger partial charge in [0, 0.05) is 5.71 Å². The molecule has 0 unspecified atom stereocenters. The molecule has 0 atom stereocenters. The van der Waals surface area contributed by atoms with E-state index in [2.05, 4.69) is 55.6 Å². The van der Waals surface area contributed by atoms with Crippen LogP contribution >= 0.6 is 0 Å². The molecule has 0 saturated carbocycles. The number of hydrogen-bond donors (Lipinski definition) is 1. The van der Waals surface area contributed by atoms with E-state index in [-0.39, 0.29) is 6.42 Å². The Morgan fingerprint density at radius 2 is 1.34 bits per heavy atom. The van der Waals surface area contributed by atoms with Gasteiger partial charge in [0.2, 0.25) is 0 Å². The fourth-order valence-corrected chi connectivity index (χ4v) is 1.24. The maximum Gasteiger partial charge on any atom is 0.307 e. The summed E-state index contributed by atoms with van der Waals surface area (Å²) >= 11 is 0. The van der Waals surface area contributed by atoms with Crippen LogP contribution < -0.4 is 0 Å². The second-order valence-corrected chi connectivity index (χ2v) is 5.52. The number of aliphatic carboxylic acids is 1. The molecule has 32 heavy (non-hydrogen) atoms. The molecule has 184 valence electrons. The van der Waals surface area contributed by atoms with E-state index in [0.717, 1.165) is 18.6 Å². The molecule has 0 spiro atoms. The van der Waals surface area contributed by atoms with Crippen LogP contribution in [0.4, 0.5) is 0 Å². The molecule has 1 N–H and O–H groups in total. The lowest BCUT2D eigenvalue weighted by Gasteiger charge is -1.99. The minimum Gasteiger partial charge on any atom is -0.481 e. The minimum atomic E-state index is -0.780. The fraction of sp³-hybridized carbons (Fsp3) is 0.429. The maximum atomic E-state index is 9.71. The Kier molecular flexibility index (Phi) is 57.7. The highest BCUT2D eigenvalue weighted by Gasteiger charge is 1.88. The summed E-state index contributed by atoms with van der Waals surface area (Å²) < 4.78 is 5.16. The van der Waals surface area contributed by atoms with Gasteiger partial charge in [0.15, 0.2) is 0 Å². The van der Waals surface area contributed by atoms with Crippen molar-refractivity contribution in [3.63, 3.8) is 0 Å². The van der Waals surface area contributed by atoms with Gasteiger partial charge in [-0.05, 0) is 40.5 Å². The van der Waals surface area contributed by atoms with Gasteiger partial charge in [-0.3, -0.25) is 9.79 Å². The molecule has 0 amide bonds. The number of carboxylic acid groups (broad SMARTS) is 1. The van der Waals surface area contributed by atoms with Crippen molar-refractivity contribution in [2.24, 2.45) is 4.99 Å². The van der Waals surface area contributed by atoms with Gasteiger partial charge in [-0.2, -0.15) is 0 Å². The van der Waals surface area contributed by atoms with Crippen LogP contribution in [-0.4, -0.2) is 36.5 Å². The molecular formula is C28H49NO3. The van der Waals surface area contributed by atoms with Crippen molar-refractivity contribution in [2.45, 2.75) is 60.8 Å². The number of nitrogens with zero attached hydrogens (tertiary/aromatic N) is 1. The zero-order chi connectivity index (χ0) is 25.9.